The standard InChI is InChI=1S/C9H16N2O2/c1-10(7-2-3-7)9(13)6-11-4-8(12)5-11/h7-8,12H,2-6H2,1H3. The summed E-state index contributed by atoms with van der Waals surface area (Å²) in [6.07, 6.45) is 2.11. The van der Waals surface area contributed by atoms with Crippen LogP contribution in [-0.4, -0.2) is 59.6 Å². The number of aliphatic hydroxyl groups is 1. The second kappa shape index (κ2) is 3.27. The molecular formula is C9H16N2O2. The molecule has 2 rings (SSSR count). The second-order valence-electron chi connectivity index (χ2n) is 4.08. The fourth-order valence-electron chi connectivity index (χ4n) is 1.64. The molecule has 74 valence electrons. The van der Waals surface area contributed by atoms with E-state index in [0.29, 0.717) is 25.7 Å². The highest BCUT2D eigenvalue weighted by molar-refractivity contribution is 5.78. The Morgan fingerprint density at radius 1 is 1.54 bits per heavy atom. The van der Waals surface area contributed by atoms with Crippen LogP contribution in [0.2, 0.25) is 0 Å². The van der Waals surface area contributed by atoms with Crippen LogP contribution in [0.4, 0.5) is 0 Å². The summed E-state index contributed by atoms with van der Waals surface area (Å²) in [4.78, 5) is 15.4. The largest absolute Gasteiger partial charge is 0.390 e. The Kier molecular flexibility index (Phi) is 2.26. The van der Waals surface area contributed by atoms with Crippen LogP contribution in [0.25, 0.3) is 0 Å². The van der Waals surface area contributed by atoms with Gasteiger partial charge in [-0.1, -0.05) is 0 Å². The van der Waals surface area contributed by atoms with E-state index in [4.69, 9.17) is 5.11 Å². The van der Waals surface area contributed by atoms with Crippen molar-refractivity contribution in [2.75, 3.05) is 26.7 Å². The molecule has 1 aliphatic carbocycles. The molecule has 2 fully saturated rings. The first-order valence-electron chi connectivity index (χ1n) is 4.83. The van der Waals surface area contributed by atoms with Gasteiger partial charge in [0.25, 0.3) is 0 Å². The number of likely N-dealkylation sites (N-methyl/N-ethyl adjacent to an activating group) is 1. The second-order valence-corrected chi connectivity index (χ2v) is 4.08. The molecule has 1 heterocycles. The Balaban J connectivity index is 1.71. The van der Waals surface area contributed by atoms with E-state index in [1.54, 1.807) is 0 Å². The lowest BCUT2D eigenvalue weighted by atomic mass is 10.2. The van der Waals surface area contributed by atoms with Gasteiger partial charge in [-0.25, -0.2) is 0 Å². The number of rotatable bonds is 3. The topological polar surface area (TPSA) is 43.8 Å². The van der Waals surface area contributed by atoms with Gasteiger partial charge in [0, 0.05) is 26.2 Å². The minimum absolute atomic E-state index is 0.189. The average molecular weight is 184 g/mol. The first kappa shape index (κ1) is 8.97. The Morgan fingerprint density at radius 2 is 2.15 bits per heavy atom. The van der Waals surface area contributed by atoms with Crippen LogP contribution in [-0.2, 0) is 4.79 Å². The van der Waals surface area contributed by atoms with E-state index in [9.17, 15) is 4.79 Å². The van der Waals surface area contributed by atoms with Gasteiger partial charge in [-0.15, -0.1) is 0 Å². The van der Waals surface area contributed by atoms with Crippen molar-refractivity contribution in [1.82, 2.24) is 9.80 Å². The molecule has 0 radical (unpaired) electrons. The molecule has 0 unspecified atom stereocenters. The Labute approximate surface area is 78.1 Å². The van der Waals surface area contributed by atoms with Crippen molar-refractivity contribution in [2.24, 2.45) is 0 Å². The molecule has 13 heavy (non-hydrogen) atoms. The lowest BCUT2D eigenvalue weighted by Crippen LogP contribution is -2.54. The van der Waals surface area contributed by atoms with Crippen molar-refractivity contribution in [3.63, 3.8) is 0 Å². The van der Waals surface area contributed by atoms with Crippen LogP contribution >= 0.6 is 0 Å². The van der Waals surface area contributed by atoms with Crippen molar-refractivity contribution in [3.8, 4) is 0 Å². The molecule has 1 saturated carbocycles. The summed E-state index contributed by atoms with van der Waals surface area (Å²) in [5.41, 5.74) is 0. The molecule has 0 aromatic carbocycles. The number of amides is 1. The van der Waals surface area contributed by atoms with Gasteiger partial charge in [0.2, 0.25) is 5.91 Å². The number of likely N-dealkylation sites (tertiary alicyclic amines) is 1. The molecule has 0 atom stereocenters. The summed E-state index contributed by atoms with van der Waals surface area (Å²) in [5.74, 6) is 0.189. The van der Waals surface area contributed by atoms with Crippen molar-refractivity contribution in [2.45, 2.75) is 25.0 Å². The first-order valence-corrected chi connectivity index (χ1v) is 4.83. The molecule has 2 aliphatic rings. The van der Waals surface area contributed by atoms with Gasteiger partial charge in [-0.05, 0) is 12.8 Å². The van der Waals surface area contributed by atoms with Crippen molar-refractivity contribution >= 4 is 5.91 Å². The van der Waals surface area contributed by atoms with Crippen LogP contribution in [0.5, 0.6) is 0 Å². The maximum atomic E-state index is 11.5. The van der Waals surface area contributed by atoms with Gasteiger partial charge in [0.05, 0.1) is 12.6 Å². The zero-order valence-corrected chi connectivity index (χ0v) is 7.94. The number of nitrogens with zero attached hydrogens (tertiary/aromatic N) is 2. The number of β-amino-alcohol motifs (C(OH)–C–C–N with tert-alkyl or cyclic N) is 1. The highest BCUT2D eigenvalue weighted by atomic mass is 16.3. The van der Waals surface area contributed by atoms with E-state index in [1.807, 2.05) is 16.8 Å². The quantitative estimate of drug-likeness (QED) is 0.630. The molecule has 4 heteroatoms. The van der Waals surface area contributed by atoms with Crippen LogP contribution in [0, 0.1) is 0 Å². The van der Waals surface area contributed by atoms with Gasteiger partial charge in [0.15, 0.2) is 0 Å². The third-order valence-electron chi connectivity index (χ3n) is 2.78. The maximum Gasteiger partial charge on any atom is 0.236 e. The van der Waals surface area contributed by atoms with E-state index in [1.165, 1.54) is 0 Å². The van der Waals surface area contributed by atoms with E-state index in [2.05, 4.69) is 0 Å². The van der Waals surface area contributed by atoms with E-state index in [-0.39, 0.29) is 12.0 Å². The lowest BCUT2D eigenvalue weighted by molar-refractivity contribution is -0.134. The number of aliphatic hydroxyl groups excluding tert-OH is 1. The van der Waals surface area contributed by atoms with Crippen LogP contribution in [0.3, 0.4) is 0 Å². The smallest absolute Gasteiger partial charge is 0.236 e. The Hall–Kier alpha value is -0.610. The van der Waals surface area contributed by atoms with Crippen molar-refractivity contribution < 1.29 is 9.90 Å². The Bertz CT molecular complexity index is 210. The number of hydrogen-bond acceptors (Lipinski definition) is 3. The Morgan fingerprint density at radius 3 is 2.62 bits per heavy atom. The van der Waals surface area contributed by atoms with Gasteiger partial charge in [0.1, 0.15) is 0 Å². The summed E-state index contributed by atoms with van der Waals surface area (Å²) in [6, 6.07) is 0.499. The third kappa shape index (κ3) is 2.00. The molecule has 1 saturated heterocycles. The maximum absolute atomic E-state index is 11.5. The number of carbonyl (C=O) groups excluding carboxylic acids is 1. The highest BCUT2D eigenvalue weighted by Crippen LogP contribution is 2.25. The molecule has 0 aromatic rings. The molecule has 4 nitrogen and oxygen atoms in total. The third-order valence-corrected chi connectivity index (χ3v) is 2.78. The van der Waals surface area contributed by atoms with Crippen LogP contribution in [0.1, 0.15) is 12.8 Å². The molecule has 1 amide bonds. The molecular weight excluding hydrogens is 168 g/mol. The normalized spacial score (nSPS) is 24.2. The fraction of sp³-hybridized carbons (Fsp3) is 0.889. The summed E-state index contributed by atoms with van der Waals surface area (Å²) in [7, 11) is 1.87. The monoisotopic (exact) mass is 184 g/mol. The highest BCUT2D eigenvalue weighted by Gasteiger charge is 2.32. The van der Waals surface area contributed by atoms with E-state index < -0.39 is 0 Å². The summed E-state index contributed by atoms with van der Waals surface area (Å²) >= 11 is 0. The van der Waals surface area contributed by atoms with Gasteiger partial charge in [-0.3, -0.25) is 9.69 Å². The minimum Gasteiger partial charge on any atom is -0.390 e. The van der Waals surface area contributed by atoms with Gasteiger partial charge >= 0.3 is 0 Å². The minimum atomic E-state index is -0.209. The molecule has 0 spiro atoms. The predicted molar refractivity (Wildman–Crippen MR) is 48.2 cm³/mol. The summed E-state index contributed by atoms with van der Waals surface area (Å²) in [6.45, 7) is 1.79. The average Bonchev–Trinajstić information content (AvgIpc) is 2.82. The van der Waals surface area contributed by atoms with Gasteiger partial charge in [-0.2, -0.15) is 0 Å². The number of hydrogen-bond donors (Lipinski definition) is 1. The zero-order chi connectivity index (χ0) is 9.42. The number of carbonyl (C=O) groups is 1. The summed E-state index contributed by atoms with van der Waals surface area (Å²) in [5, 5.41) is 9.02. The van der Waals surface area contributed by atoms with E-state index in [0.717, 1.165) is 12.8 Å². The lowest BCUT2D eigenvalue weighted by Gasteiger charge is -2.36. The zero-order valence-electron chi connectivity index (χ0n) is 7.94. The van der Waals surface area contributed by atoms with Crippen LogP contribution < -0.4 is 0 Å². The van der Waals surface area contributed by atoms with Gasteiger partial charge < -0.3 is 10.0 Å². The molecule has 1 aliphatic heterocycles. The van der Waals surface area contributed by atoms with E-state index >= 15 is 0 Å². The fourth-order valence-corrected chi connectivity index (χ4v) is 1.64. The predicted octanol–water partition coefficient (Wildman–Crippen LogP) is -0.716. The van der Waals surface area contributed by atoms with Crippen molar-refractivity contribution in [3.05, 3.63) is 0 Å². The SMILES string of the molecule is CN(C(=O)CN1CC(O)C1)C1CC1. The summed E-state index contributed by atoms with van der Waals surface area (Å²) < 4.78 is 0. The van der Waals surface area contributed by atoms with Crippen LogP contribution in [0.15, 0.2) is 0 Å². The molecule has 1 N–H and O–H groups in total. The molecule has 0 aromatic heterocycles. The first-order chi connectivity index (χ1) is 6.16. The van der Waals surface area contributed by atoms with Crippen molar-refractivity contribution in [1.29, 1.82) is 0 Å². The molecule has 0 bridgehead atoms.